The Balaban J connectivity index is 1.69. The van der Waals surface area contributed by atoms with Gasteiger partial charge in [0.25, 0.3) is 0 Å². The summed E-state index contributed by atoms with van der Waals surface area (Å²) in [5, 5.41) is 3.64. The maximum absolute atomic E-state index is 3.64. The lowest BCUT2D eigenvalue weighted by Crippen LogP contribution is -2.32. The first-order valence-corrected chi connectivity index (χ1v) is 6.24. The summed E-state index contributed by atoms with van der Waals surface area (Å²) in [6, 6.07) is 4.95. The topological polar surface area (TPSA) is 27.8 Å². The van der Waals surface area contributed by atoms with E-state index in [4.69, 9.17) is 0 Å². The summed E-state index contributed by atoms with van der Waals surface area (Å²) in [6.07, 6.45) is 8.91. The van der Waals surface area contributed by atoms with Gasteiger partial charge in [-0.3, -0.25) is 0 Å². The largest absolute Gasteiger partial charge is 0.364 e. The second-order valence-electron chi connectivity index (χ2n) is 4.70. The van der Waals surface area contributed by atoms with Crippen molar-refractivity contribution in [1.29, 1.82) is 0 Å². The first-order valence-electron chi connectivity index (χ1n) is 6.24. The maximum atomic E-state index is 3.64. The molecule has 0 radical (unpaired) electrons. The van der Waals surface area contributed by atoms with Crippen LogP contribution in [-0.4, -0.2) is 11.0 Å². The van der Waals surface area contributed by atoms with Crippen LogP contribution in [-0.2, 0) is 6.54 Å². The minimum atomic E-state index is 0.746. The number of nitrogens with one attached hydrogen (secondary N) is 2. The van der Waals surface area contributed by atoms with Gasteiger partial charge >= 0.3 is 0 Å². The van der Waals surface area contributed by atoms with Gasteiger partial charge in [0.1, 0.15) is 0 Å². The summed E-state index contributed by atoms with van der Waals surface area (Å²) in [4.78, 5) is 3.23. The molecule has 84 valence electrons. The van der Waals surface area contributed by atoms with Crippen LogP contribution in [0, 0.1) is 5.92 Å². The van der Waals surface area contributed by atoms with Crippen molar-refractivity contribution >= 4 is 0 Å². The zero-order chi connectivity index (χ0) is 10.5. The Kier molecular flexibility index (Phi) is 3.84. The highest BCUT2D eigenvalue weighted by Crippen LogP contribution is 2.26. The van der Waals surface area contributed by atoms with Gasteiger partial charge in [-0.2, -0.15) is 0 Å². The summed E-state index contributed by atoms with van der Waals surface area (Å²) >= 11 is 0. The van der Waals surface area contributed by atoms with Crippen LogP contribution in [0.4, 0.5) is 0 Å². The zero-order valence-corrected chi connectivity index (χ0v) is 9.63. The Bertz CT molecular complexity index is 258. The van der Waals surface area contributed by atoms with Crippen molar-refractivity contribution in [2.75, 3.05) is 0 Å². The van der Waals surface area contributed by atoms with Crippen molar-refractivity contribution < 1.29 is 0 Å². The van der Waals surface area contributed by atoms with Crippen LogP contribution >= 0.6 is 0 Å². The average Bonchev–Trinajstić information content (AvgIpc) is 2.80. The van der Waals surface area contributed by atoms with E-state index in [1.54, 1.807) is 0 Å². The van der Waals surface area contributed by atoms with Crippen molar-refractivity contribution in [1.82, 2.24) is 10.3 Å². The molecule has 1 aromatic rings. The third-order valence-corrected chi connectivity index (χ3v) is 3.67. The quantitative estimate of drug-likeness (QED) is 0.778. The molecular weight excluding hydrogens is 184 g/mol. The highest BCUT2D eigenvalue weighted by Gasteiger charge is 2.19. The SMILES string of the molecule is CCC1CCC(NCc2ccc[nH]2)CC1. The van der Waals surface area contributed by atoms with Gasteiger partial charge in [0.05, 0.1) is 0 Å². The number of hydrogen-bond acceptors (Lipinski definition) is 1. The van der Waals surface area contributed by atoms with Crippen molar-refractivity contribution in [3.8, 4) is 0 Å². The van der Waals surface area contributed by atoms with E-state index in [2.05, 4.69) is 29.4 Å². The molecule has 0 spiro atoms. The third kappa shape index (κ3) is 3.10. The molecule has 1 aromatic heterocycles. The molecule has 0 amide bonds. The normalized spacial score (nSPS) is 26.7. The Labute approximate surface area is 92.5 Å². The monoisotopic (exact) mass is 206 g/mol. The Hall–Kier alpha value is -0.760. The summed E-state index contributed by atoms with van der Waals surface area (Å²) in [5.74, 6) is 0.994. The van der Waals surface area contributed by atoms with Crippen molar-refractivity contribution in [3.63, 3.8) is 0 Å². The summed E-state index contributed by atoms with van der Waals surface area (Å²) in [7, 11) is 0. The lowest BCUT2D eigenvalue weighted by Gasteiger charge is -2.28. The lowest BCUT2D eigenvalue weighted by atomic mass is 9.84. The van der Waals surface area contributed by atoms with Gasteiger partial charge in [-0.25, -0.2) is 0 Å². The van der Waals surface area contributed by atoms with Crippen LogP contribution in [0.1, 0.15) is 44.7 Å². The minimum Gasteiger partial charge on any atom is -0.364 e. The second kappa shape index (κ2) is 5.36. The predicted octanol–water partition coefficient (Wildman–Crippen LogP) is 3.07. The Morgan fingerprint density at radius 3 is 2.73 bits per heavy atom. The van der Waals surface area contributed by atoms with E-state index < -0.39 is 0 Å². The van der Waals surface area contributed by atoms with E-state index >= 15 is 0 Å². The van der Waals surface area contributed by atoms with Crippen molar-refractivity contribution in [3.05, 3.63) is 24.0 Å². The number of rotatable bonds is 4. The molecule has 2 rings (SSSR count). The predicted molar refractivity (Wildman–Crippen MR) is 63.7 cm³/mol. The van der Waals surface area contributed by atoms with Crippen LogP contribution in [0.2, 0.25) is 0 Å². The molecule has 0 bridgehead atoms. The fourth-order valence-corrected chi connectivity index (χ4v) is 2.51. The van der Waals surface area contributed by atoms with Crippen LogP contribution in [0.3, 0.4) is 0 Å². The number of H-pyrrole nitrogens is 1. The van der Waals surface area contributed by atoms with E-state index in [-0.39, 0.29) is 0 Å². The fraction of sp³-hybridized carbons (Fsp3) is 0.692. The van der Waals surface area contributed by atoms with Crippen molar-refractivity contribution in [2.45, 2.75) is 51.6 Å². The van der Waals surface area contributed by atoms with Gasteiger partial charge in [0, 0.05) is 24.5 Å². The number of aromatic nitrogens is 1. The third-order valence-electron chi connectivity index (χ3n) is 3.67. The zero-order valence-electron chi connectivity index (χ0n) is 9.63. The maximum Gasteiger partial charge on any atom is 0.0359 e. The van der Waals surface area contributed by atoms with Crippen LogP contribution < -0.4 is 5.32 Å². The molecule has 0 unspecified atom stereocenters. The summed E-state index contributed by atoms with van der Waals surface area (Å²) in [6.45, 7) is 3.31. The molecule has 1 saturated carbocycles. The van der Waals surface area contributed by atoms with E-state index in [0.717, 1.165) is 18.5 Å². The van der Waals surface area contributed by atoms with E-state index in [1.807, 2.05) is 6.20 Å². The van der Waals surface area contributed by atoms with Crippen LogP contribution in [0.5, 0.6) is 0 Å². The molecule has 15 heavy (non-hydrogen) atoms. The van der Waals surface area contributed by atoms with Gasteiger partial charge in [-0.1, -0.05) is 13.3 Å². The second-order valence-corrected chi connectivity index (χ2v) is 4.70. The van der Waals surface area contributed by atoms with Gasteiger partial charge in [-0.05, 0) is 43.7 Å². The molecule has 0 aromatic carbocycles. The molecular formula is C13H22N2. The van der Waals surface area contributed by atoms with E-state index in [0.29, 0.717) is 0 Å². The smallest absolute Gasteiger partial charge is 0.0359 e. The van der Waals surface area contributed by atoms with Gasteiger partial charge < -0.3 is 10.3 Å². The molecule has 1 aliphatic carbocycles. The van der Waals surface area contributed by atoms with Crippen LogP contribution in [0.25, 0.3) is 0 Å². The Morgan fingerprint density at radius 1 is 1.33 bits per heavy atom. The summed E-state index contributed by atoms with van der Waals surface area (Å²) < 4.78 is 0. The van der Waals surface area contributed by atoms with Crippen LogP contribution in [0.15, 0.2) is 18.3 Å². The molecule has 1 heterocycles. The highest BCUT2D eigenvalue weighted by atomic mass is 14.9. The van der Waals surface area contributed by atoms with Gasteiger partial charge in [0.15, 0.2) is 0 Å². The molecule has 2 heteroatoms. The molecule has 0 atom stereocenters. The number of hydrogen-bond donors (Lipinski definition) is 2. The average molecular weight is 206 g/mol. The molecule has 2 nitrogen and oxygen atoms in total. The number of aromatic amines is 1. The molecule has 2 N–H and O–H groups in total. The first-order chi connectivity index (χ1) is 7.38. The molecule has 0 saturated heterocycles. The minimum absolute atomic E-state index is 0.746. The van der Waals surface area contributed by atoms with E-state index in [1.165, 1.54) is 37.8 Å². The standard InChI is InChI=1S/C13H22N2/c1-2-11-5-7-12(8-6-11)15-10-13-4-3-9-14-13/h3-4,9,11-12,14-15H,2,5-8,10H2,1H3. The summed E-state index contributed by atoms with van der Waals surface area (Å²) in [5.41, 5.74) is 1.30. The van der Waals surface area contributed by atoms with E-state index in [9.17, 15) is 0 Å². The molecule has 1 fully saturated rings. The van der Waals surface area contributed by atoms with Gasteiger partial charge in [-0.15, -0.1) is 0 Å². The molecule has 0 aliphatic heterocycles. The van der Waals surface area contributed by atoms with Gasteiger partial charge in [0.2, 0.25) is 0 Å². The first kappa shape index (κ1) is 10.7. The lowest BCUT2D eigenvalue weighted by molar-refractivity contribution is 0.285. The Morgan fingerprint density at radius 2 is 2.13 bits per heavy atom. The van der Waals surface area contributed by atoms with Crippen molar-refractivity contribution in [2.24, 2.45) is 5.92 Å². The highest BCUT2D eigenvalue weighted by molar-refractivity contribution is 5.03. The molecule has 1 aliphatic rings. The fourth-order valence-electron chi connectivity index (χ4n) is 2.51.